The second kappa shape index (κ2) is 4.51. The van der Waals surface area contributed by atoms with Crippen molar-refractivity contribution in [2.75, 3.05) is 6.54 Å². The van der Waals surface area contributed by atoms with Crippen LogP contribution < -0.4 is 5.73 Å². The molecule has 2 rings (SSSR count). The van der Waals surface area contributed by atoms with Crippen LogP contribution in [0, 0.1) is 13.8 Å². The molecular weight excluding hydrogens is 234 g/mol. The van der Waals surface area contributed by atoms with E-state index in [2.05, 4.69) is 0 Å². The Hall–Kier alpha value is -0.730. The summed E-state index contributed by atoms with van der Waals surface area (Å²) >= 11 is 6.24. The van der Waals surface area contributed by atoms with E-state index in [-0.39, 0.29) is 5.41 Å². The molecule has 0 bridgehead atoms. The summed E-state index contributed by atoms with van der Waals surface area (Å²) in [4.78, 5) is 0. The van der Waals surface area contributed by atoms with Gasteiger partial charge in [0.2, 0.25) is 0 Å². The number of aryl methyl sites for hydroxylation is 1. The number of hydrogen-bond acceptors (Lipinski definition) is 2. The zero-order chi connectivity index (χ0) is 12.6. The number of aromatic hydroxyl groups is 1. The molecule has 3 N–H and O–H groups in total. The Morgan fingerprint density at radius 2 is 1.94 bits per heavy atom. The maximum absolute atomic E-state index is 10.3. The smallest absolute Gasteiger partial charge is 0.122 e. The van der Waals surface area contributed by atoms with Gasteiger partial charge in [-0.1, -0.05) is 24.4 Å². The highest BCUT2D eigenvalue weighted by molar-refractivity contribution is 6.31. The molecule has 0 heterocycles. The molecule has 3 heteroatoms. The average molecular weight is 254 g/mol. The summed E-state index contributed by atoms with van der Waals surface area (Å²) in [7, 11) is 0. The van der Waals surface area contributed by atoms with Crippen molar-refractivity contribution in [2.24, 2.45) is 5.73 Å². The van der Waals surface area contributed by atoms with Crippen LogP contribution in [0.1, 0.15) is 42.4 Å². The lowest BCUT2D eigenvalue weighted by Crippen LogP contribution is -2.33. The molecule has 1 saturated carbocycles. The molecule has 0 atom stereocenters. The second-order valence-corrected chi connectivity index (χ2v) is 5.62. The average Bonchev–Trinajstić information content (AvgIpc) is 2.77. The molecule has 1 aromatic rings. The maximum atomic E-state index is 10.3. The molecule has 0 amide bonds. The van der Waals surface area contributed by atoms with E-state index in [9.17, 15) is 5.11 Å². The molecule has 1 fully saturated rings. The van der Waals surface area contributed by atoms with Crippen LogP contribution in [0.2, 0.25) is 5.02 Å². The SMILES string of the molecule is Cc1cc(Cl)c(C)c(C2(CN)CCCC2)c1O. The van der Waals surface area contributed by atoms with Gasteiger partial charge in [-0.2, -0.15) is 0 Å². The first-order chi connectivity index (χ1) is 8.02. The minimum atomic E-state index is -0.0656. The van der Waals surface area contributed by atoms with Gasteiger partial charge in [-0.25, -0.2) is 0 Å². The fourth-order valence-electron chi connectivity index (χ4n) is 3.12. The number of rotatable bonds is 2. The van der Waals surface area contributed by atoms with E-state index in [0.29, 0.717) is 12.3 Å². The molecule has 0 unspecified atom stereocenters. The number of phenolic OH excluding ortho intramolecular Hbond substituents is 1. The Bertz CT molecular complexity index is 410. The summed E-state index contributed by atoms with van der Waals surface area (Å²) in [5.41, 5.74) is 8.74. The summed E-state index contributed by atoms with van der Waals surface area (Å²) in [5, 5.41) is 11.1. The lowest BCUT2D eigenvalue weighted by Gasteiger charge is -2.31. The van der Waals surface area contributed by atoms with E-state index >= 15 is 0 Å². The monoisotopic (exact) mass is 253 g/mol. The van der Waals surface area contributed by atoms with Crippen molar-refractivity contribution in [3.63, 3.8) is 0 Å². The maximum Gasteiger partial charge on any atom is 0.122 e. The predicted molar refractivity (Wildman–Crippen MR) is 71.8 cm³/mol. The van der Waals surface area contributed by atoms with Crippen LogP contribution >= 0.6 is 11.6 Å². The Labute approximate surface area is 108 Å². The molecular formula is C14H20ClNO. The highest BCUT2D eigenvalue weighted by atomic mass is 35.5. The zero-order valence-corrected chi connectivity index (χ0v) is 11.3. The Morgan fingerprint density at radius 3 is 2.47 bits per heavy atom. The van der Waals surface area contributed by atoms with Crippen LogP contribution in [0.15, 0.2) is 6.07 Å². The third-order valence-electron chi connectivity index (χ3n) is 4.17. The van der Waals surface area contributed by atoms with Crippen molar-refractivity contribution in [3.05, 3.63) is 27.8 Å². The predicted octanol–water partition coefficient (Wildman–Crippen LogP) is 3.43. The quantitative estimate of drug-likeness (QED) is 0.848. The first kappa shape index (κ1) is 12.7. The molecule has 17 heavy (non-hydrogen) atoms. The third-order valence-corrected chi connectivity index (χ3v) is 4.56. The summed E-state index contributed by atoms with van der Waals surface area (Å²) < 4.78 is 0. The van der Waals surface area contributed by atoms with Crippen molar-refractivity contribution in [2.45, 2.75) is 44.9 Å². The van der Waals surface area contributed by atoms with Gasteiger partial charge in [-0.3, -0.25) is 0 Å². The molecule has 1 aliphatic rings. The fraction of sp³-hybridized carbons (Fsp3) is 0.571. The highest BCUT2D eigenvalue weighted by Gasteiger charge is 2.38. The normalized spacial score (nSPS) is 18.6. The summed E-state index contributed by atoms with van der Waals surface area (Å²) in [6, 6.07) is 1.83. The topological polar surface area (TPSA) is 46.2 Å². The molecule has 1 aromatic carbocycles. The largest absolute Gasteiger partial charge is 0.507 e. The van der Waals surface area contributed by atoms with Gasteiger partial charge in [0.25, 0.3) is 0 Å². The van der Waals surface area contributed by atoms with E-state index in [1.54, 1.807) is 0 Å². The van der Waals surface area contributed by atoms with Gasteiger partial charge < -0.3 is 10.8 Å². The van der Waals surface area contributed by atoms with Crippen molar-refractivity contribution in [1.82, 2.24) is 0 Å². The Morgan fingerprint density at radius 1 is 1.35 bits per heavy atom. The van der Waals surface area contributed by atoms with Gasteiger partial charge in [0.1, 0.15) is 5.75 Å². The fourth-order valence-corrected chi connectivity index (χ4v) is 3.38. The van der Waals surface area contributed by atoms with E-state index in [0.717, 1.165) is 34.6 Å². The second-order valence-electron chi connectivity index (χ2n) is 5.22. The first-order valence-electron chi connectivity index (χ1n) is 6.21. The van der Waals surface area contributed by atoms with Crippen LogP contribution in [0.3, 0.4) is 0 Å². The molecule has 94 valence electrons. The van der Waals surface area contributed by atoms with Gasteiger partial charge in [0.05, 0.1) is 0 Å². The highest BCUT2D eigenvalue weighted by Crippen LogP contribution is 2.47. The van der Waals surface area contributed by atoms with Gasteiger partial charge in [-0.05, 0) is 43.9 Å². The standard InChI is InChI=1S/C14H20ClNO/c1-9-7-11(15)10(2)12(13(9)17)14(8-16)5-3-4-6-14/h7,17H,3-6,8,16H2,1-2H3. The molecule has 0 radical (unpaired) electrons. The first-order valence-corrected chi connectivity index (χ1v) is 6.59. The minimum Gasteiger partial charge on any atom is -0.507 e. The van der Waals surface area contributed by atoms with E-state index in [1.807, 2.05) is 19.9 Å². The Kier molecular flexibility index (Phi) is 3.37. The third kappa shape index (κ3) is 1.94. The zero-order valence-electron chi connectivity index (χ0n) is 10.5. The van der Waals surface area contributed by atoms with Crippen LogP contribution in [0.4, 0.5) is 0 Å². The molecule has 0 aliphatic heterocycles. The van der Waals surface area contributed by atoms with E-state index in [4.69, 9.17) is 17.3 Å². The van der Waals surface area contributed by atoms with Gasteiger partial charge in [0, 0.05) is 22.5 Å². The van der Waals surface area contributed by atoms with Crippen molar-refractivity contribution in [3.8, 4) is 5.75 Å². The number of halogens is 1. The number of hydrogen-bond donors (Lipinski definition) is 2. The van der Waals surface area contributed by atoms with Gasteiger partial charge >= 0.3 is 0 Å². The van der Waals surface area contributed by atoms with E-state index in [1.165, 1.54) is 12.8 Å². The molecule has 0 saturated heterocycles. The lowest BCUT2D eigenvalue weighted by atomic mass is 9.75. The number of nitrogens with two attached hydrogens (primary N) is 1. The van der Waals surface area contributed by atoms with Crippen LogP contribution in [0.25, 0.3) is 0 Å². The number of phenols is 1. The van der Waals surface area contributed by atoms with Crippen molar-refractivity contribution in [1.29, 1.82) is 0 Å². The molecule has 0 aromatic heterocycles. The van der Waals surface area contributed by atoms with Gasteiger partial charge in [0.15, 0.2) is 0 Å². The molecule has 1 aliphatic carbocycles. The summed E-state index contributed by atoms with van der Waals surface area (Å²) in [6.45, 7) is 4.46. The van der Waals surface area contributed by atoms with Crippen LogP contribution in [-0.2, 0) is 5.41 Å². The van der Waals surface area contributed by atoms with Crippen LogP contribution in [0.5, 0.6) is 5.75 Å². The van der Waals surface area contributed by atoms with Crippen molar-refractivity contribution < 1.29 is 5.11 Å². The minimum absolute atomic E-state index is 0.0656. The molecule has 0 spiro atoms. The number of benzene rings is 1. The summed E-state index contributed by atoms with van der Waals surface area (Å²) in [6.07, 6.45) is 4.47. The van der Waals surface area contributed by atoms with E-state index < -0.39 is 0 Å². The Balaban J connectivity index is 2.65. The van der Waals surface area contributed by atoms with Crippen LogP contribution in [-0.4, -0.2) is 11.7 Å². The molecule has 2 nitrogen and oxygen atoms in total. The summed E-state index contributed by atoms with van der Waals surface area (Å²) in [5.74, 6) is 0.388. The lowest BCUT2D eigenvalue weighted by molar-refractivity contribution is 0.401. The van der Waals surface area contributed by atoms with Crippen molar-refractivity contribution >= 4 is 11.6 Å². The van der Waals surface area contributed by atoms with Gasteiger partial charge in [-0.15, -0.1) is 0 Å².